The summed E-state index contributed by atoms with van der Waals surface area (Å²) in [5, 5.41) is 11.4. The summed E-state index contributed by atoms with van der Waals surface area (Å²) in [5.74, 6) is 2.53. The Labute approximate surface area is 135 Å². The molecule has 2 N–H and O–H groups in total. The minimum absolute atomic E-state index is 0.00222. The van der Waals surface area contributed by atoms with E-state index in [1.807, 2.05) is 10.7 Å². The Balaban J connectivity index is 1.31. The van der Waals surface area contributed by atoms with Gasteiger partial charge in [0.15, 0.2) is 0 Å². The predicted octanol–water partition coefficient (Wildman–Crippen LogP) is 1.58. The van der Waals surface area contributed by atoms with Gasteiger partial charge in [-0.25, -0.2) is 0 Å². The van der Waals surface area contributed by atoms with Crippen molar-refractivity contribution in [3.63, 3.8) is 0 Å². The number of thioether (sulfide) groups is 1. The van der Waals surface area contributed by atoms with Crippen LogP contribution in [-0.2, 0) is 13.0 Å². The fraction of sp³-hybridized carbons (Fsp3) is 0.750. The monoisotopic (exact) mass is 320 g/mol. The molecule has 1 aromatic rings. The van der Waals surface area contributed by atoms with Crippen LogP contribution >= 0.6 is 11.8 Å². The third-order valence-electron chi connectivity index (χ3n) is 5.16. The molecular formula is C16H24N4OS. The van der Waals surface area contributed by atoms with Gasteiger partial charge in [0.05, 0.1) is 0 Å². The first-order chi connectivity index (χ1) is 10.8. The number of nitrogens with one attached hydrogen (secondary N) is 2. The van der Waals surface area contributed by atoms with E-state index in [2.05, 4.69) is 27.5 Å². The first-order valence-electron chi connectivity index (χ1n) is 8.51. The minimum atomic E-state index is -0.00222. The molecule has 1 saturated heterocycles. The highest BCUT2D eigenvalue weighted by atomic mass is 32.2. The molecule has 2 atom stereocenters. The van der Waals surface area contributed by atoms with Crippen molar-refractivity contribution in [2.45, 2.75) is 63.2 Å². The molecule has 0 unspecified atom stereocenters. The molecule has 120 valence electrons. The van der Waals surface area contributed by atoms with E-state index >= 15 is 0 Å². The van der Waals surface area contributed by atoms with E-state index in [9.17, 15) is 4.79 Å². The van der Waals surface area contributed by atoms with E-state index < -0.39 is 0 Å². The lowest BCUT2D eigenvalue weighted by atomic mass is 9.85. The van der Waals surface area contributed by atoms with Crippen molar-refractivity contribution in [3.05, 3.63) is 17.5 Å². The fourth-order valence-electron chi connectivity index (χ4n) is 3.65. The highest BCUT2D eigenvalue weighted by Crippen LogP contribution is 2.25. The number of nitrogens with zero attached hydrogens (tertiary/aromatic N) is 2. The number of rotatable bonds is 4. The Kier molecular flexibility index (Phi) is 4.13. The van der Waals surface area contributed by atoms with Crippen molar-refractivity contribution in [1.82, 2.24) is 20.4 Å². The summed E-state index contributed by atoms with van der Waals surface area (Å²) in [6.45, 7) is 0.954. The van der Waals surface area contributed by atoms with Crippen LogP contribution in [0.2, 0.25) is 0 Å². The second kappa shape index (κ2) is 6.24. The third-order valence-corrected chi connectivity index (χ3v) is 6.21. The normalized spacial score (nSPS) is 28.2. The summed E-state index contributed by atoms with van der Waals surface area (Å²) in [5.41, 5.74) is 1.79. The standard InChI is InChI=1S/C16H24N4OS/c21-16(15-10-12-2-1-7-20(12)19-15)18-14-4-3-13(14)17-11-5-8-22-9-6-11/h10-11,13-14,17H,1-9H2,(H,18,21)/t13-,14+/m1/s1. The summed E-state index contributed by atoms with van der Waals surface area (Å²) in [7, 11) is 0. The lowest BCUT2D eigenvalue weighted by Crippen LogP contribution is -2.59. The van der Waals surface area contributed by atoms with Crippen molar-refractivity contribution in [3.8, 4) is 0 Å². The smallest absolute Gasteiger partial charge is 0.272 e. The van der Waals surface area contributed by atoms with E-state index in [0.29, 0.717) is 17.8 Å². The maximum absolute atomic E-state index is 12.4. The Morgan fingerprint density at radius 1 is 1.23 bits per heavy atom. The number of aryl methyl sites for hydroxylation is 2. The SMILES string of the molecule is O=C(N[C@H]1CC[C@H]1NC1CCSCC1)c1cc2n(n1)CCC2. The molecule has 22 heavy (non-hydrogen) atoms. The molecule has 0 radical (unpaired) electrons. The van der Waals surface area contributed by atoms with Gasteiger partial charge in [-0.15, -0.1) is 0 Å². The second-order valence-electron chi connectivity index (χ2n) is 6.66. The van der Waals surface area contributed by atoms with Gasteiger partial charge in [0.2, 0.25) is 0 Å². The number of aromatic nitrogens is 2. The minimum Gasteiger partial charge on any atom is -0.346 e. The molecular weight excluding hydrogens is 296 g/mol. The van der Waals surface area contributed by atoms with Crippen LogP contribution < -0.4 is 10.6 Å². The summed E-state index contributed by atoms with van der Waals surface area (Å²) in [6.07, 6.45) is 6.98. The molecule has 0 spiro atoms. The maximum atomic E-state index is 12.4. The molecule has 3 aliphatic rings. The van der Waals surface area contributed by atoms with Crippen molar-refractivity contribution < 1.29 is 4.79 Å². The van der Waals surface area contributed by atoms with Gasteiger partial charge in [-0.3, -0.25) is 9.48 Å². The number of amides is 1. The van der Waals surface area contributed by atoms with Gasteiger partial charge >= 0.3 is 0 Å². The number of carbonyl (C=O) groups excluding carboxylic acids is 1. The van der Waals surface area contributed by atoms with Crippen LogP contribution in [0.1, 0.15) is 48.3 Å². The molecule has 1 saturated carbocycles. The zero-order valence-corrected chi connectivity index (χ0v) is 13.7. The van der Waals surface area contributed by atoms with Gasteiger partial charge in [-0.2, -0.15) is 16.9 Å². The molecule has 1 aromatic heterocycles. The third kappa shape index (κ3) is 2.91. The Morgan fingerprint density at radius 2 is 2.05 bits per heavy atom. The first-order valence-corrected chi connectivity index (χ1v) is 9.66. The van der Waals surface area contributed by atoms with Crippen LogP contribution in [-0.4, -0.2) is 45.3 Å². The molecule has 6 heteroatoms. The van der Waals surface area contributed by atoms with Gasteiger partial charge in [0.1, 0.15) is 5.69 Å². The van der Waals surface area contributed by atoms with Crippen molar-refractivity contribution in [2.24, 2.45) is 0 Å². The second-order valence-corrected chi connectivity index (χ2v) is 7.89. The first kappa shape index (κ1) is 14.6. The number of carbonyl (C=O) groups is 1. The van der Waals surface area contributed by atoms with E-state index in [-0.39, 0.29) is 11.9 Å². The van der Waals surface area contributed by atoms with Gasteiger partial charge in [0, 0.05) is 30.4 Å². The zero-order valence-electron chi connectivity index (χ0n) is 12.9. The zero-order chi connectivity index (χ0) is 14.9. The fourth-order valence-corrected chi connectivity index (χ4v) is 4.76. The number of fused-ring (bicyclic) bond motifs is 1. The van der Waals surface area contributed by atoms with Gasteiger partial charge in [0.25, 0.3) is 5.91 Å². The van der Waals surface area contributed by atoms with Gasteiger partial charge in [-0.1, -0.05) is 0 Å². The molecule has 5 nitrogen and oxygen atoms in total. The van der Waals surface area contributed by atoms with Crippen LogP contribution in [0.3, 0.4) is 0 Å². The molecule has 0 bridgehead atoms. The number of hydrogen-bond donors (Lipinski definition) is 2. The van der Waals surface area contributed by atoms with Crippen LogP contribution in [0.5, 0.6) is 0 Å². The summed E-state index contributed by atoms with van der Waals surface area (Å²) in [4.78, 5) is 12.4. The lowest BCUT2D eigenvalue weighted by molar-refractivity contribution is 0.0882. The Bertz CT molecular complexity index is 531. The van der Waals surface area contributed by atoms with E-state index in [1.165, 1.54) is 36.5 Å². The lowest BCUT2D eigenvalue weighted by Gasteiger charge is -2.40. The van der Waals surface area contributed by atoms with Crippen molar-refractivity contribution >= 4 is 17.7 Å². The molecule has 3 heterocycles. The Hall–Kier alpha value is -1.01. The summed E-state index contributed by atoms with van der Waals surface area (Å²) < 4.78 is 1.98. The number of hydrogen-bond acceptors (Lipinski definition) is 4. The summed E-state index contributed by atoms with van der Waals surface area (Å²) >= 11 is 2.05. The van der Waals surface area contributed by atoms with Crippen LogP contribution in [0, 0.1) is 0 Å². The highest BCUT2D eigenvalue weighted by Gasteiger charge is 2.34. The average molecular weight is 320 g/mol. The predicted molar refractivity (Wildman–Crippen MR) is 88.3 cm³/mol. The molecule has 1 amide bonds. The molecule has 0 aromatic carbocycles. The van der Waals surface area contributed by atoms with E-state index in [0.717, 1.165) is 25.8 Å². The van der Waals surface area contributed by atoms with Crippen molar-refractivity contribution in [2.75, 3.05) is 11.5 Å². The highest BCUT2D eigenvalue weighted by molar-refractivity contribution is 7.99. The van der Waals surface area contributed by atoms with E-state index in [4.69, 9.17) is 0 Å². The molecule has 2 fully saturated rings. The molecule has 1 aliphatic carbocycles. The van der Waals surface area contributed by atoms with Crippen LogP contribution in [0.15, 0.2) is 6.07 Å². The van der Waals surface area contributed by atoms with Crippen molar-refractivity contribution in [1.29, 1.82) is 0 Å². The quantitative estimate of drug-likeness (QED) is 0.884. The maximum Gasteiger partial charge on any atom is 0.272 e. The van der Waals surface area contributed by atoms with Gasteiger partial charge in [-0.05, 0) is 56.1 Å². The van der Waals surface area contributed by atoms with Crippen LogP contribution in [0.25, 0.3) is 0 Å². The average Bonchev–Trinajstić information content (AvgIpc) is 3.11. The largest absolute Gasteiger partial charge is 0.346 e. The van der Waals surface area contributed by atoms with Gasteiger partial charge < -0.3 is 10.6 Å². The topological polar surface area (TPSA) is 59.0 Å². The van der Waals surface area contributed by atoms with Crippen LogP contribution in [0.4, 0.5) is 0 Å². The van der Waals surface area contributed by atoms with E-state index in [1.54, 1.807) is 0 Å². The molecule has 4 rings (SSSR count). The summed E-state index contributed by atoms with van der Waals surface area (Å²) in [6, 6.07) is 3.33. The Morgan fingerprint density at radius 3 is 2.77 bits per heavy atom. The molecule has 2 aliphatic heterocycles.